The number of nitro benzene ring substituents is 2. The molecule has 16 nitrogen and oxygen atoms in total. The highest BCUT2D eigenvalue weighted by molar-refractivity contribution is 6.03. The first kappa shape index (κ1) is 51.7. The largest absolute Gasteiger partial charge is 0.492 e. The molecule has 0 radical (unpaired) electrons. The normalized spacial score (nSPS) is 22.3. The van der Waals surface area contributed by atoms with Crippen molar-refractivity contribution < 1.29 is 43.9 Å². The Bertz CT molecular complexity index is 2900. The number of hydrogen-bond donors (Lipinski definition) is 2. The molecule has 2 fully saturated rings. The molecule has 0 bridgehead atoms. The number of oxime groups is 1. The molecule has 5 aromatic rings. The lowest BCUT2D eigenvalue weighted by atomic mass is 9.55. The highest BCUT2D eigenvalue weighted by atomic mass is 16.7. The molecule has 9 rings (SSSR count). The quantitative estimate of drug-likeness (QED) is 0.0140. The fourth-order valence-electron chi connectivity index (χ4n) is 11.1. The van der Waals surface area contributed by atoms with E-state index in [0.717, 1.165) is 72.8 Å². The highest BCUT2D eigenvalue weighted by Gasteiger charge is 2.65. The zero-order valence-corrected chi connectivity index (χ0v) is 41.4. The molecule has 2 aliphatic carbocycles. The number of hydrogen-bond acceptors (Lipinski definition) is 13. The third-order valence-electron chi connectivity index (χ3n) is 14.8. The van der Waals surface area contributed by atoms with Gasteiger partial charge >= 0.3 is 0 Å². The molecule has 2 heterocycles. The van der Waals surface area contributed by atoms with Crippen molar-refractivity contribution in [2.75, 3.05) is 46.1 Å². The fourth-order valence-corrected chi connectivity index (χ4v) is 11.1. The molecular weight excluding hydrogens is 943 g/mol. The van der Waals surface area contributed by atoms with Gasteiger partial charge in [0.25, 0.3) is 11.4 Å². The zero-order chi connectivity index (χ0) is 51.6. The molecule has 2 N–H and O–H groups in total. The van der Waals surface area contributed by atoms with Crippen LogP contribution in [0.5, 0.6) is 11.5 Å². The molecule has 2 aliphatic heterocycles. The van der Waals surface area contributed by atoms with Crippen LogP contribution in [0.4, 0.5) is 11.4 Å². The molecule has 5 aromatic carbocycles. The van der Waals surface area contributed by atoms with Crippen LogP contribution in [0.15, 0.2) is 145 Å². The minimum Gasteiger partial charge on any atom is -0.492 e. The van der Waals surface area contributed by atoms with Gasteiger partial charge in [0.1, 0.15) is 30.8 Å². The first-order valence-corrected chi connectivity index (χ1v) is 25.6. The maximum Gasteiger partial charge on any atom is 0.269 e. The Morgan fingerprint density at radius 1 is 0.892 bits per heavy atom. The van der Waals surface area contributed by atoms with Gasteiger partial charge in [0.05, 0.1) is 28.1 Å². The number of amides is 1. The summed E-state index contributed by atoms with van der Waals surface area (Å²) in [5.41, 5.74) is 4.38. The van der Waals surface area contributed by atoms with Gasteiger partial charge in [-0.15, -0.1) is 6.58 Å². The van der Waals surface area contributed by atoms with Crippen LogP contribution in [0.25, 0.3) is 16.8 Å². The highest BCUT2D eigenvalue weighted by Crippen LogP contribution is 2.62. The zero-order valence-electron chi connectivity index (χ0n) is 41.4. The first-order valence-electron chi connectivity index (χ1n) is 25.6. The topological polar surface area (TPSA) is 199 Å². The second-order valence-corrected chi connectivity index (χ2v) is 19.4. The smallest absolute Gasteiger partial charge is 0.269 e. The number of rotatable bonds is 25. The van der Waals surface area contributed by atoms with Gasteiger partial charge in [-0.05, 0) is 119 Å². The van der Waals surface area contributed by atoms with Crippen LogP contribution < -0.4 is 9.47 Å². The number of unbranched alkanes of at least 4 members (excludes halogenated alkanes) is 2. The minimum atomic E-state index is -1.57. The van der Waals surface area contributed by atoms with E-state index in [0.29, 0.717) is 47.8 Å². The number of fused-ring (bicyclic) bond motifs is 3. The predicted octanol–water partition coefficient (Wildman–Crippen LogP) is 9.93. The number of aliphatic hydroxyl groups is 2. The number of carbonyl (C=O) groups is 1. The van der Waals surface area contributed by atoms with Crippen molar-refractivity contribution in [1.82, 2.24) is 9.80 Å². The van der Waals surface area contributed by atoms with Crippen LogP contribution in [0.1, 0.15) is 73.1 Å². The van der Waals surface area contributed by atoms with E-state index in [9.17, 15) is 30.4 Å². The molecule has 0 aromatic heterocycles. The van der Waals surface area contributed by atoms with Crippen LogP contribution in [-0.2, 0) is 27.5 Å². The second kappa shape index (κ2) is 23.7. The lowest BCUT2D eigenvalue weighted by Crippen LogP contribution is -2.70. The van der Waals surface area contributed by atoms with Crippen LogP contribution in [-0.4, -0.2) is 99.4 Å². The average Bonchev–Trinajstić information content (AvgIpc) is 4.27. The number of allylic oxidation sites excluding steroid dienone is 1. The Labute approximate surface area is 430 Å². The molecule has 6 atom stereocenters. The van der Waals surface area contributed by atoms with Crippen molar-refractivity contribution in [3.63, 3.8) is 0 Å². The second-order valence-electron chi connectivity index (χ2n) is 19.4. The lowest BCUT2D eigenvalue weighted by Gasteiger charge is -2.60. The first-order chi connectivity index (χ1) is 36.1. The van der Waals surface area contributed by atoms with Gasteiger partial charge < -0.3 is 34.2 Å². The fraction of sp³-hybridized carbons (Fsp3) is 0.379. The molecule has 386 valence electrons. The van der Waals surface area contributed by atoms with Gasteiger partial charge in [-0.3, -0.25) is 29.9 Å². The van der Waals surface area contributed by atoms with E-state index in [-0.39, 0.29) is 74.4 Å². The molecule has 1 amide bonds. The van der Waals surface area contributed by atoms with E-state index >= 15 is 4.79 Å². The summed E-state index contributed by atoms with van der Waals surface area (Å²) in [5.74, 6) is -1.59. The van der Waals surface area contributed by atoms with Crippen LogP contribution >= 0.6 is 0 Å². The van der Waals surface area contributed by atoms with Crippen LogP contribution in [0, 0.1) is 38.0 Å². The van der Waals surface area contributed by atoms with Crippen molar-refractivity contribution in [2.24, 2.45) is 22.9 Å². The van der Waals surface area contributed by atoms with Crippen molar-refractivity contribution >= 4 is 39.8 Å². The minimum absolute atomic E-state index is 0.00341. The Morgan fingerprint density at radius 2 is 1.61 bits per heavy atom. The Kier molecular flexibility index (Phi) is 16.6. The summed E-state index contributed by atoms with van der Waals surface area (Å²) in [6.07, 6.45) is 11.4. The van der Waals surface area contributed by atoms with Gasteiger partial charge in [0, 0.05) is 87.6 Å². The number of non-ortho nitro benzene ring substituents is 2. The molecule has 4 aliphatic rings. The van der Waals surface area contributed by atoms with E-state index in [4.69, 9.17) is 24.2 Å². The number of benzene rings is 5. The molecule has 0 unspecified atom stereocenters. The average molecular weight is 1010 g/mol. The predicted molar refractivity (Wildman–Crippen MR) is 281 cm³/mol. The number of aliphatic hydroxyl groups excluding tert-OH is 2. The molecular formula is C58H63N5O11. The van der Waals surface area contributed by atoms with E-state index < -0.39 is 27.6 Å². The molecule has 1 saturated heterocycles. The summed E-state index contributed by atoms with van der Waals surface area (Å²) in [7, 11) is 0. The maximum atomic E-state index is 15.5. The maximum absolute atomic E-state index is 15.5. The third-order valence-corrected chi connectivity index (χ3v) is 14.8. The summed E-state index contributed by atoms with van der Waals surface area (Å²) < 4.78 is 21.2. The molecule has 74 heavy (non-hydrogen) atoms. The van der Waals surface area contributed by atoms with E-state index in [2.05, 4.69) is 23.6 Å². The number of ether oxygens (including phenoxy) is 3. The summed E-state index contributed by atoms with van der Waals surface area (Å²) in [6, 6.07) is 31.2. The van der Waals surface area contributed by atoms with Crippen molar-refractivity contribution in [3.8, 4) is 11.5 Å². The third kappa shape index (κ3) is 11.6. The Morgan fingerprint density at radius 3 is 2.32 bits per heavy atom. The van der Waals surface area contributed by atoms with Gasteiger partial charge in [-0.2, -0.15) is 0 Å². The molecule has 0 spiro atoms. The lowest BCUT2D eigenvalue weighted by molar-refractivity contribution is -0.385. The summed E-state index contributed by atoms with van der Waals surface area (Å²) >= 11 is 0. The van der Waals surface area contributed by atoms with Gasteiger partial charge in [0.2, 0.25) is 11.7 Å². The standard InChI is InChI=1S/C58H63N5O11/c1-2-33-72-58-54(61(38-44-13-9-12-42-10-3-4-14-48(42)44)55(66)27-20-40-16-21-45(22-17-40)62(67)68)37-52(59-73-39-41-18-23-46(24-19-41)63(69)70)50-35-43(11-5-7-31-64)49(15-6-8-32-65)56(57(50)58)51-36-47(25-26-53(51)74-58)71-34-30-60-28-29-60/h2-4,9-10,12-14,16-27,35-36,43,49,54,56-57,64-65H,1,5-8,11,15,28-34,37-39H2/t43-,49+,54-,56+,57+,58+/m0/s1. The number of nitro groups is 2. The number of nitrogens with zero attached hydrogens (tertiary/aromatic N) is 5. The SMILES string of the molecule is C=CCO[C@@]12Oc3ccc(OCCN4CC4)cc3[C@H]3[C@H](CCCCO)[C@@H](CCCCO)C=C(C(=NOCc4ccc([N+](=O)[O-])cc4)C[C@@H]1N(Cc1cccc4ccccc14)C(=O)C=Cc1ccc([N+](=O)[O-])cc1)[C@H]32. The summed E-state index contributed by atoms with van der Waals surface area (Å²) in [5, 5.41) is 50.1. The Balaban J connectivity index is 1.24. The van der Waals surface area contributed by atoms with Crippen molar-refractivity contribution in [3.05, 3.63) is 182 Å². The van der Waals surface area contributed by atoms with Gasteiger partial charge in [0.15, 0.2) is 0 Å². The van der Waals surface area contributed by atoms with Crippen molar-refractivity contribution in [1.29, 1.82) is 0 Å². The summed E-state index contributed by atoms with van der Waals surface area (Å²) in [4.78, 5) is 48.0. The molecule has 1 saturated carbocycles. The van der Waals surface area contributed by atoms with E-state index in [1.54, 1.807) is 41.3 Å². The van der Waals surface area contributed by atoms with Crippen LogP contribution in [0.3, 0.4) is 0 Å². The van der Waals surface area contributed by atoms with Gasteiger partial charge in [-0.25, -0.2) is 0 Å². The van der Waals surface area contributed by atoms with Crippen molar-refractivity contribution in [2.45, 2.75) is 75.8 Å². The van der Waals surface area contributed by atoms with Gasteiger partial charge in [-0.1, -0.05) is 72.6 Å². The molecule has 16 heteroatoms. The van der Waals surface area contributed by atoms with E-state index in [1.807, 2.05) is 54.6 Å². The monoisotopic (exact) mass is 1010 g/mol. The number of carbonyl (C=O) groups excluding carboxylic acids is 1. The van der Waals surface area contributed by atoms with Crippen LogP contribution in [0.2, 0.25) is 0 Å². The summed E-state index contributed by atoms with van der Waals surface area (Å²) in [6.45, 7) is 7.79. The van der Waals surface area contributed by atoms with E-state index in [1.165, 1.54) is 30.3 Å². The Hall–Kier alpha value is -7.24.